The van der Waals surface area contributed by atoms with Crippen molar-refractivity contribution in [2.75, 3.05) is 11.4 Å². The van der Waals surface area contributed by atoms with Crippen molar-refractivity contribution in [3.63, 3.8) is 0 Å². The van der Waals surface area contributed by atoms with Crippen LogP contribution in [0.15, 0.2) is 42.5 Å². The molecule has 2 aromatic carbocycles. The van der Waals surface area contributed by atoms with Gasteiger partial charge in [-0.15, -0.1) is 0 Å². The molecular weight excluding hydrogens is 358 g/mol. The highest BCUT2D eigenvalue weighted by Crippen LogP contribution is 2.34. The van der Waals surface area contributed by atoms with Crippen LogP contribution in [0, 0.1) is 12.8 Å². The van der Waals surface area contributed by atoms with Gasteiger partial charge in [0.1, 0.15) is 5.82 Å². The second-order valence-electron chi connectivity index (χ2n) is 7.80. The van der Waals surface area contributed by atoms with Crippen LogP contribution in [0.4, 0.5) is 5.69 Å². The first-order chi connectivity index (χ1) is 12.9. The van der Waals surface area contributed by atoms with Gasteiger partial charge in [-0.1, -0.05) is 37.6 Å². The molecule has 27 heavy (non-hydrogen) atoms. The van der Waals surface area contributed by atoms with Gasteiger partial charge in [-0.2, -0.15) is 0 Å². The first-order valence-electron chi connectivity index (χ1n) is 9.45. The van der Waals surface area contributed by atoms with E-state index >= 15 is 0 Å². The van der Waals surface area contributed by atoms with Gasteiger partial charge in [0.05, 0.1) is 11.0 Å². The number of benzene rings is 2. The summed E-state index contributed by atoms with van der Waals surface area (Å²) in [6, 6.07) is 14.0. The first-order valence-corrected chi connectivity index (χ1v) is 9.83. The summed E-state index contributed by atoms with van der Waals surface area (Å²) >= 11 is 6.15. The van der Waals surface area contributed by atoms with Gasteiger partial charge in [-0.05, 0) is 48.7 Å². The summed E-state index contributed by atoms with van der Waals surface area (Å²) in [6.07, 6.45) is 0.489. The van der Waals surface area contributed by atoms with E-state index in [0.717, 1.165) is 39.7 Å². The number of para-hydroxylation sites is 2. The maximum atomic E-state index is 12.8. The highest BCUT2D eigenvalue weighted by molar-refractivity contribution is 6.31. The second-order valence-corrected chi connectivity index (χ2v) is 8.21. The van der Waals surface area contributed by atoms with Gasteiger partial charge in [0.2, 0.25) is 5.91 Å². The number of aryl methyl sites for hydroxylation is 1. The molecular formula is C22H24ClN3O. The van der Waals surface area contributed by atoms with E-state index in [0.29, 0.717) is 18.9 Å². The lowest BCUT2D eigenvalue weighted by atomic mass is 10.1. The molecule has 4 rings (SSSR count). The average molecular weight is 382 g/mol. The number of fused-ring (bicyclic) bond motifs is 1. The number of rotatable bonds is 4. The third-order valence-corrected chi connectivity index (χ3v) is 5.60. The number of carbonyl (C=O) groups is 1. The van der Waals surface area contributed by atoms with Crippen molar-refractivity contribution in [2.45, 2.75) is 39.7 Å². The summed E-state index contributed by atoms with van der Waals surface area (Å²) in [4.78, 5) is 19.5. The third kappa shape index (κ3) is 3.34. The third-order valence-electron chi connectivity index (χ3n) is 5.18. The van der Waals surface area contributed by atoms with E-state index in [4.69, 9.17) is 16.6 Å². The van der Waals surface area contributed by atoms with Crippen LogP contribution in [0.5, 0.6) is 0 Å². The normalized spacial score (nSPS) is 17.4. The maximum absolute atomic E-state index is 12.8. The number of nitrogens with zero attached hydrogens (tertiary/aromatic N) is 3. The SMILES string of the molecule is Cc1cc(N2C[C@H](c3nc4ccccc4n3CC(C)C)CC2=O)ccc1Cl. The van der Waals surface area contributed by atoms with Crippen LogP contribution < -0.4 is 4.90 Å². The van der Waals surface area contributed by atoms with Gasteiger partial charge >= 0.3 is 0 Å². The Morgan fingerprint density at radius 1 is 1.22 bits per heavy atom. The Morgan fingerprint density at radius 3 is 2.74 bits per heavy atom. The fraction of sp³-hybridized carbons (Fsp3) is 0.364. The zero-order valence-corrected chi connectivity index (χ0v) is 16.7. The van der Waals surface area contributed by atoms with E-state index in [1.165, 1.54) is 0 Å². The van der Waals surface area contributed by atoms with E-state index in [9.17, 15) is 4.79 Å². The van der Waals surface area contributed by atoms with Crippen LogP contribution in [0.2, 0.25) is 5.02 Å². The largest absolute Gasteiger partial charge is 0.327 e. The lowest BCUT2D eigenvalue weighted by Crippen LogP contribution is -2.24. The van der Waals surface area contributed by atoms with Crippen LogP contribution in [0.3, 0.4) is 0 Å². The molecule has 0 aliphatic carbocycles. The van der Waals surface area contributed by atoms with Gasteiger partial charge in [0.25, 0.3) is 0 Å². The maximum Gasteiger partial charge on any atom is 0.227 e. The van der Waals surface area contributed by atoms with Crippen molar-refractivity contribution in [2.24, 2.45) is 5.92 Å². The van der Waals surface area contributed by atoms with E-state index in [1.807, 2.05) is 48.2 Å². The number of aromatic nitrogens is 2. The summed E-state index contributed by atoms with van der Waals surface area (Å²) < 4.78 is 2.30. The molecule has 1 atom stereocenters. The van der Waals surface area contributed by atoms with Crippen LogP contribution in [-0.4, -0.2) is 22.0 Å². The molecule has 5 heteroatoms. The molecule has 1 aliphatic rings. The predicted molar refractivity (Wildman–Crippen MR) is 110 cm³/mol. The first kappa shape index (κ1) is 18.1. The molecule has 0 radical (unpaired) electrons. The molecule has 140 valence electrons. The Bertz CT molecular complexity index is 1010. The van der Waals surface area contributed by atoms with Gasteiger partial charge in [0.15, 0.2) is 0 Å². The van der Waals surface area contributed by atoms with Gasteiger partial charge < -0.3 is 9.47 Å². The Hall–Kier alpha value is -2.33. The molecule has 2 heterocycles. The van der Waals surface area contributed by atoms with E-state index in [1.54, 1.807) is 0 Å². The molecule has 0 bridgehead atoms. The zero-order valence-electron chi connectivity index (χ0n) is 15.9. The number of hydrogen-bond acceptors (Lipinski definition) is 2. The molecule has 3 aromatic rings. The number of imidazole rings is 1. The Labute approximate surface area is 164 Å². The molecule has 0 saturated carbocycles. The minimum atomic E-state index is 0.0969. The smallest absolute Gasteiger partial charge is 0.227 e. The predicted octanol–water partition coefficient (Wildman–Crippen LogP) is 5.17. The van der Waals surface area contributed by atoms with Crippen molar-refractivity contribution in [3.05, 3.63) is 58.9 Å². The van der Waals surface area contributed by atoms with Crippen LogP contribution in [0.1, 0.15) is 37.6 Å². The highest BCUT2D eigenvalue weighted by atomic mass is 35.5. The van der Waals surface area contributed by atoms with Crippen molar-refractivity contribution in [1.82, 2.24) is 9.55 Å². The Kier molecular flexibility index (Phi) is 4.68. The van der Waals surface area contributed by atoms with E-state index in [2.05, 4.69) is 24.5 Å². The fourth-order valence-corrected chi connectivity index (χ4v) is 4.01. The summed E-state index contributed by atoms with van der Waals surface area (Å²) in [5, 5.41) is 0.723. The highest BCUT2D eigenvalue weighted by Gasteiger charge is 2.35. The fourth-order valence-electron chi connectivity index (χ4n) is 3.89. The monoisotopic (exact) mass is 381 g/mol. The Morgan fingerprint density at radius 2 is 2.00 bits per heavy atom. The summed E-state index contributed by atoms with van der Waals surface area (Å²) in [7, 11) is 0. The lowest BCUT2D eigenvalue weighted by molar-refractivity contribution is -0.117. The Balaban J connectivity index is 1.70. The van der Waals surface area contributed by atoms with E-state index < -0.39 is 0 Å². The van der Waals surface area contributed by atoms with Gasteiger partial charge in [-0.3, -0.25) is 4.79 Å². The molecule has 4 nitrogen and oxygen atoms in total. The van der Waals surface area contributed by atoms with Crippen molar-refractivity contribution >= 4 is 34.2 Å². The summed E-state index contributed by atoms with van der Waals surface area (Å²) in [5.74, 6) is 1.77. The van der Waals surface area contributed by atoms with Crippen LogP contribution >= 0.6 is 11.6 Å². The molecule has 0 unspecified atom stereocenters. The molecule has 0 N–H and O–H groups in total. The minimum Gasteiger partial charge on any atom is -0.327 e. The summed E-state index contributed by atoms with van der Waals surface area (Å²) in [6.45, 7) is 7.94. The lowest BCUT2D eigenvalue weighted by Gasteiger charge is -2.19. The topological polar surface area (TPSA) is 38.1 Å². The second kappa shape index (κ2) is 7.01. The van der Waals surface area contributed by atoms with Crippen molar-refractivity contribution < 1.29 is 4.79 Å². The molecule has 1 saturated heterocycles. The van der Waals surface area contributed by atoms with Crippen molar-refractivity contribution in [1.29, 1.82) is 0 Å². The number of carbonyl (C=O) groups excluding carboxylic acids is 1. The standard InChI is InChI=1S/C22H24ClN3O/c1-14(2)12-26-20-7-5-4-6-19(20)24-22(26)16-11-21(27)25(13-16)17-8-9-18(23)15(3)10-17/h4-10,14,16H,11-13H2,1-3H3/t16-/m1/s1. The molecule has 1 aromatic heterocycles. The number of amides is 1. The molecule has 1 amide bonds. The van der Waals surface area contributed by atoms with Crippen LogP contribution in [-0.2, 0) is 11.3 Å². The minimum absolute atomic E-state index is 0.0969. The van der Waals surface area contributed by atoms with Crippen LogP contribution in [0.25, 0.3) is 11.0 Å². The van der Waals surface area contributed by atoms with Crippen molar-refractivity contribution in [3.8, 4) is 0 Å². The van der Waals surface area contributed by atoms with E-state index in [-0.39, 0.29) is 11.8 Å². The average Bonchev–Trinajstić information content (AvgIpc) is 3.18. The molecule has 1 aliphatic heterocycles. The summed E-state index contributed by atoms with van der Waals surface area (Å²) in [5.41, 5.74) is 4.05. The number of anilines is 1. The quantitative estimate of drug-likeness (QED) is 0.624. The number of hydrogen-bond donors (Lipinski definition) is 0. The molecule has 0 spiro atoms. The number of halogens is 1. The van der Waals surface area contributed by atoms with Gasteiger partial charge in [-0.25, -0.2) is 4.98 Å². The zero-order chi connectivity index (χ0) is 19.1. The van der Waals surface area contributed by atoms with Gasteiger partial charge in [0, 0.05) is 36.1 Å². The molecule has 1 fully saturated rings.